The van der Waals surface area contributed by atoms with Gasteiger partial charge in [0, 0.05) is 13.6 Å². The minimum atomic E-state index is -1.70. The van der Waals surface area contributed by atoms with Gasteiger partial charge in [0.15, 0.2) is 0 Å². The molecule has 2 unspecified atom stereocenters. The lowest BCUT2D eigenvalue weighted by Gasteiger charge is -2.34. The summed E-state index contributed by atoms with van der Waals surface area (Å²) in [7, 11) is 1.73. The lowest BCUT2D eigenvalue weighted by molar-refractivity contribution is -0.149. The number of hydrogen-bond acceptors (Lipinski definition) is 4. The summed E-state index contributed by atoms with van der Waals surface area (Å²) < 4.78 is 0. The molecule has 0 radical (unpaired) electrons. The molecule has 3 rings (SSSR count). The Kier molecular flexibility index (Phi) is 8.62. The van der Waals surface area contributed by atoms with Crippen molar-refractivity contribution < 1.29 is 9.90 Å². The SMILES string of the molecule is Cc1ccccc1CCNC(C)N(C)C(=O)C(O)(c1ccccc1)c1cccs1.Cl. The summed E-state index contributed by atoms with van der Waals surface area (Å²) in [5.74, 6) is -0.345. The van der Waals surface area contributed by atoms with Crippen LogP contribution in [0, 0.1) is 6.92 Å². The fourth-order valence-electron chi connectivity index (χ4n) is 3.41. The van der Waals surface area contributed by atoms with Gasteiger partial charge in [-0.25, -0.2) is 0 Å². The van der Waals surface area contributed by atoms with E-state index in [2.05, 4.69) is 24.4 Å². The van der Waals surface area contributed by atoms with Crippen molar-refractivity contribution in [2.45, 2.75) is 32.0 Å². The zero-order valence-corrected chi connectivity index (χ0v) is 19.2. The minimum absolute atomic E-state index is 0. The molecular formula is C24H29ClN2O2S. The molecule has 0 aliphatic rings. The first-order valence-corrected chi connectivity index (χ1v) is 10.7. The van der Waals surface area contributed by atoms with Crippen LogP contribution in [0.3, 0.4) is 0 Å². The molecule has 2 N–H and O–H groups in total. The molecule has 0 fully saturated rings. The zero-order chi connectivity index (χ0) is 20.9. The van der Waals surface area contributed by atoms with E-state index in [1.165, 1.54) is 22.5 Å². The highest BCUT2D eigenvalue weighted by atomic mass is 35.5. The van der Waals surface area contributed by atoms with Crippen molar-refractivity contribution in [2.24, 2.45) is 0 Å². The van der Waals surface area contributed by atoms with E-state index in [-0.39, 0.29) is 24.5 Å². The van der Waals surface area contributed by atoms with Crippen LogP contribution < -0.4 is 5.32 Å². The van der Waals surface area contributed by atoms with Crippen molar-refractivity contribution in [3.8, 4) is 0 Å². The normalized spacial score (nSPS) is 13.7. The number of nitrogens with one attached hydrogen (secondary N) is 1. The molecule has 1 aromatic heterocycles. The highest BCUT2D eigenvalue weighted by Gasteiger charge is 2.43. The van der Waals surface area contributed by atoms with Crippen LogP contribution in [0.25, 0.3) is 0 Å². The molecule has 1 heterocycles. The van der Waals surface area contributed by atoms with E-state index < -0.39 is 5.60 Å². The molecule has 0 aliphatic carbocycles. The van der Waals surface area contributed by atoms with Crippen molar-refractivity contribution in [3.05, 3.63) is 93.7 Å². The highest BCUT2D eigenvalue weighted by Crippen LogP contribution is 2.34. The number of aliphatic hydroxyl groups is 1. The van der Waals surface area contributed by atoms with Crippen LogP contribution in [0.1, 0.15) is 28.5 Å². The second-order valence-electron chi connectivity index (χ2n) is 7.28. The molecule has 4 nitrogen and oxygen atoms in total. The molecule has 30 heavy (non-hydrogen) atoms. The summed E-state index contributed by atoms with van der Waals surface area (Å²) >= 11 is 1.38. The van der Waals surface area contributed by atoms with Gasteiger partial charge >= 0.3 is 0 Å². The Hall–Kier alpha value is -2.18. The lowest BCUT2D eigenvalue weighted by Crippen LogP contribution is -2.53. The Morgan fingerprint density at radius 2 is 1.77 bits per heavy atom. The second kappa shape index (κ2) is 10.7. The molecular weight excluding hydrogens is 416 g/mol. The zero-order valence-electron chi connectivity index (χ0n) is 17.5. The molecule has 0 bridgehead atoms. The van der Waals surface area contributed by atoms with Gasteiger partial charge in [-0.05, 0) is 48.4 Å². The molecule has 3 aromatic rings. The number of amides is 1. The topological polar surface area (TPSA) is 52.6 Å². The standard InChI is InChI=1S/C24H28N2O2S.ClH/c1-18-10-7-8-11-20(18)15-16-25-19(2)26(3)23(27)24(28,22-14-9-17-29-22)21-12-5-4-6-13-21;/h4-14,17,19,25,28H,15-16H2,1-3H3;1H. The van der Waals surface area contributed by atoms with Gasteiger partial charge in [-0.2, -0.15) is 0 Å². The van der Waals surface area contributed by atoms with E-state index in [0.717, 1.165) is 13.0 Å². The third kappa shape index (κ3) is 5.10. The van der Waals surface area contributed by atoms with Crippen LogP contribution in [0.5, 0.6) is 0 Å². The minimum Gasteiger partial charge on any atom is -0.371 e. The fraction of sp³-hybridized carbons (Fsp3) is 0.292. The number of nitrogens with zero attached hydrogens (tertiary/aromatic N) is 1. The van der Waals surface area contributed by atoms with Crippen LogP contribution >= 0.6 is 23.7 Å². The van der Waals surface area contributed by atoms with Crippen LogP contribution in [-0.4, -0.2) is 35.7 Å². The summed E-state index contributed by atoms with van der Waals surface area (Å²) in [6, 6.07) is 21.1. The first-order chi connectivity index (χ1) is 13.9. The summed E-state index contributed by atoms with van der Waals surface area (Å²) in [6.45, 7) is 4.79. The van der Waals surface area contributed by atoms with Crippen LogP contribution in [-0.2, 0) is 16.8 Å². The van der Waals surface area contributed by atoms with Crippen LogP contribution in [0.15, 0.2) is 72.1 Å². The number of carbonyl (C=O) groups excluding carboxylic acids is 1. The number of rotatable bonds is 8. The Labute approximate surface area is 189 Å². The van der Waals surface area contributed by atoms with Gasteiger partial charge in [0.1, 0.15) is 0 Å². The Morgan fingerprint density at radius 1 is 1.10 bits per heavy atom. The van der Waals surface area contributed by atoms with Crippen molar-refractivity contribution in [3.63, 3.8) is 0 Å². The number of carbonyl (C=O) groups is 1. The van der Waals surface area contributed by atoms with Gasteiger partial charge in [-0.15, -0.1) is 23.7 Å². The first-order valence-electron chi connectivity index (χ1n) is 9.81. The number of hydrogen-bond donors (Lipinski definition) is 2. The largest absolute Gasteiger partial charge is 0.371 e. The maximum Gasteiger partial charge on any atom is 0.265 e. The Morgan fingerprint density at radius 3 is 2.40 bits per heavy atom. The maximum absolute atomic E-state index is 13.4. The molecule has 0 saturated carbocycles. The van der Waals surface area contributed by atoms with Crippen molar-refractivity contribution >= 4 is 29.7 Å². The lowest BCUT2D eigenvalue weighted by atomic mass is 9.90. The smallest absolute Gasteiger partial charge is 0.265 e. The fourth-order valence-corrected chi connectivity index (χ4v) is 4.25. The molecule has 0 spiro atoms. The van der Waals surface area contributed by atoms with E-state index in [4.69, 9.17) is 0 Å². The third-order valence-electron chi connectivity index (χ3n) is 5.38. The van der Waals surface area contributed by atoms with Gasteiger partial charge in [0.05, 0.1) is 11.0 Å². The second-order valence-corrected chi connectivity index (χ2v) is 8.22. The summed E-state index contributed by atoms with van der Waals surface area (Å²) in [5, 5.41) is 16.8. The average Bonchev–Trinajstić information content (AvgIpc) is 3.29. The Balaban J connectivity index is 0.00000320. The van der Waals surface area contributed by atoms with E-state index in [0.29, 0.717) is 10.4 Å². The van der Waals surface area contributed by atoms with Gasteiger partial charge < -0.3 is 10.0 Å². The van der Waals surface area contributed by atoms with Crippen LogP contribution in [0.2, 0.25) is 0 Å². The molecule has 6 heteroatoms. The van der Waals surface area contributed by atoms with E-state index in [1.54, 1.807) is 30.1 Å². The van der Waals surface area contributed by atoms with Gasteiger partial charge in [-0.3, -0.25) is 10.1 Å². The quantitative estimate of drug-likeness (QED) is 0.508. The predicted octanol–water partition coefficient (Wildman–Crippen LogP) is 4.35. The monoisotopic (exact) mass is 444 g/mol. The molecule has 0 saturated heterocycles. The number of aryl methyl sites for hydroxylation is 1. The van der Waals surface area contributed by atoms with Crippen molar-refractivity contribution in [1.82, 2.24) is 10.2 Å². The average molecular weight is 445 g/mol. The number of likely N-dealkylation sites (N-methyl/N-ethyl adjacent to an activating group) is 1. The number of benzene rings is 2. The summed E-state index contributed by atoms with van der Waals surface area (Å²) in [4.78, 5) is 15.6. The number of halogens is 1. The third-order valence-corrected chi connectivity index (χ3v) is 6.35. The van der Waals surface area contributed by atoms with Gasteiger partial charge in [-0.1, -0.05) is 60.7 Å². The molecule has 0 aliphatic heterocycles. The highest BCUT2D eigenvalue weighted by molar-refractivity contribution is 7.10. The number of thiophene rings is 1. The Bertz CT molecular complexity index is 933. The first kappa shape index (κ1) is 24.1. The maximum atomic E-state index is 13.4. The van der Waals surface area contributed by atoms with E-state index >= 15 is 0 Å². The molecule has 1 amide bonds. The summed E-state index contributed by atoms with van der Waals surface area (Å²) in [6.07, 6.45) is 0.661. The molecule has 2 atom stereocenters. The van der Waals surface area contributed by atoms with Crippen LogP contribution in [0.4, 0.5) is 0 Å². The van der Waals surface area contributed by atoms with E-state index in [1.807, 2.05) is 48.7 Å². The van der Waals surface area contributed by atoms with E-state index in [9.17, 15) is 9.90 Å². The predicted molar refractivity (Wildman–Crippen MR) is 126 cm³/mol. The van der Waals surface area contributed by atoms with Crippen molar-refractivity contribution in [1.29, 1.82) is 0 Å². The van der Waals surface area contributed by atoms with Gasteiger partial charge in [0.25, 0.3) is 5.91 Å². The molecule has 2 aromatic carbocycles. The van der Waals surface area contributed by atoms with Gasteiger partial charge in [0.2, 0.25) is 5.60 Å². The molecule has 160 valence electrons. The van der Waals surface area contributed by atoms with Crippen molar-refractivity contribution in [2.75, 3.05) is 13.6 Å². The summed E-state index contributed by atoms with van der Waals surface area (Å²) in [5.41, 5.74) is 1.44.